The first kappa shape index (κ1) is 19.3. The van der Waals surface area contributed by atoms with E-state index in [-0.39, 0.29) is 0 Å². The van der Waals surface area contributed by atoms with Gasteiger partial charge >= 0.3 is 0 Å². The molecule has 8 heteroatoms. The van der Waals surface area contributed by atoms with Crippen LogP contribution in [0.4, 0.5) is 0 Å². The molecule has 6 nitrogen and oxygen atoms in total. The van der Waals surface area contributed by atoms with Crippen molar-refractivity contribution in [3.63, 3.8) is 0 Å². The van der Waals surface area contributed by atoms with E-state index in [1.165, 1.54) is 11.7 Å². The number of halogens is 1. The van der Waals surface area contributed by atoms with E-state index in [1.807, 2.05) is 49.9 Å². The molecule has 1 aromatic heterocycles. The number of hydrogen-bond donors (Lipinski definition) is 0. The molecular weight excluding hydrogens is 336 g/mol. The molecule has 0 saturated heterocycles. The largest absolute Gasteiger partial charge is 0.299 e. The van der Waals surface area contributed by atoms with Crippen LogP contribution in [0.25, 0.3) is 5.69 Å². The summed E-state index contributed by atoms with van der Waals surface area (Å²) in [6, 6.07) is 7.51. The van der Waals surface area contributed by atoms with Crippen molar-refractivity contribution in [2.24, 2.45) is 0 Å². The number of benzene rings is 1. The molecule has 0 amide bonds. The van der Waals surface area contributed by atoms with E-state index in [9.17, 15) is 8.42 Å². The van der Waals surface area contributed by atoms with E-state index in [0.717, 1.165) is 24.6 Å². The first-order chi connectivity index (χ1) is 11.0. The second kappa shape index (κ2) is 10.1. The maximum Gasteiger partial charge on any atom is 0.211 e. The minimum Gasteiger partial charge on any atom is -0.299 e. The molecule has 23 heavy (non-hydrogen) atoms. The maximum absolute atomic E-state index is 10.1. The first-order valence-electron chi connectivity index (χ1n) is 7.24. The molecule has 2 rings (SSSR count). The van der Waals surface area contributed by atoms with Gasteiger partial charge in [0, 0.05) is 16.9 Å². The van der Waals surface area contributed by atoms with Crippen molar-refractivity contribution in [3.8, 4) is 5.69 Å². The van der Waals surface area contributed by atoms with Crippen molar-refractivity contribution in [2.45, 2.75) is 20.8 Å². The Kier molecular flexibility index (Phi) is 8.53. The Hall–Kier alpha value is -1.70. The van der Waals surface area contributed by atoms with Gasteiger partial charge in [0.05, 0.1) is 5.69 Å². The molecule has 126 valence electrons. The fraction of sp³-hybridized carbons (Fsp3) is 0.400. The normalized spacial score (nSPS) is 10.1. The van der Waals surface area contributed by atoms with Crippen molar-refractivity contribution >= 4 is 27.3 Å². The van der Waals surface area contributed by atoms with Crippen LogP contribution >= 0.6 is 11.6 Å². The second-order valence-corrected chi connectivity index (χ2v) is 5.90. The average Bonchev–Trinajstić information content (AvgIpc) is 2.95. The lowest BCUT2D eigenvalue weighted by atomic mass is 10.3. The van der Waals surface area contributed by atoms with Crippen LogP contribution in [0.3, 0.4) is 0 Å². The molecule has 0 saturated carbocycles. The summed E-state index contributed by atoms with van der Waals surface area (Å²) in [5.74, 6) is 0.849. The highest BCUT2D eigenvalue weighted by Crippen LogP contribution is 2.14. The van der Waals surface area contributed by atoms with Gasteiger partial charge in [0.25, 0.3) is 0 Å². The summed E-state index contributed by atoms with van der Waals surface area (Å²) in [5.41, 5.74) is 0.933. The van der Waals surface area contributed by atoms with Gasteiger partial charge in [-0.1, -0.05) is 31.5 Å². The fourth-order valence-corrected chi connectivity index (χ4v) is 2.33. The van der Waals surface area contributed by atoms with Crippen LogP contribution in [0.15, 0.2) is 30.6 Å². The Labute approximate surface area is 143 Å². The molecule has 0 radical (unpaired) electrons. The average molecular weight is 357 g/mol. The summed E-state index contributed by atoms with van der Waals surface area (Å²) in [6.45, 7) is 8.22. The smallest absolute Gasteiger partial charge is 0.211 e. The summed E-state index contributed by atoms with van der Waals surface area (Å²) in [7, 11) is -2.01. The van der Waals surface area contributed by atoms with Gasteiger partial charge < -0.3 is 0 Å². The predicted octanol–water partition coefficient (Wildman–Crippen LogP) is 2.24. The van der Waals surface area contributed by atoms with Crippen LogP contribution < -0.4 is 0 Å². The van der Waals surface area contributed by atoms with Gasteiger partial charge in [0.2, 0.25) is 10.3 Å². The Morgan fingerprint density at radius 1 is 1.30 bits per heavy atom. The molecule has 1 heterocycles. The van der Waals surface area contributed by atoms with Crippen molar-refractivity contribution in [3.05, 3.63) is 41.4 Å². The van der Waals surface area contributed by atoms with Crippen molar-refractivity contribution in [1.82, 2.24) is 19.7 Å². The van der Waals surface area contributed by atoms with Gasteiger partial charge in [-0.25, -0.2) is 9.67 Å². The zero-order valence-corrected chi connectivity index (χ0v) is 15.0. The lowest BCUT2D eigenvalue weighted by Gasteiger charge is -2.13. The van der Waals surface area contributed by atoms with E-state index in [2.05, 4.69) is 10.1 Å². The topological polar surface area (TPSA) is 68.1 Å². The van der Waals surface area contributed by atoms with Crippen molar-refractivity contribution < 1.29 is 8.42 Å². The molecule has 0 aliphatic heterocycles. The summed E-state index contributed by atoms with van der Waals surface area (Å²) in [6.07, 6.45) is 1.52. The van der Waals surface area contributed by atoms with Gasteiger partial charge in [-0.05, 0) is 38.2 Å². The van der Waals surface area contributed by atoms with Gasteiger partial charge in [-0.3, -0.25) is 4.90 Å². The lowest BCUT2D eigenvalue weighted by molar-refractivity contribution is 0.351. The highest BCUT2D eigenvalue weighted by atomic mass is 35.5. The zero-order valence-electron chi connectivity index (χ0n) is 13.5. The summed E-state index contributed by atoms with van der Waals surface area (Å²) in [5, 5.41) is 6.05. The van der Waals surface area contributed by atoms with Crippen LogP contribution in [-0.2, 0) is 10.3 Å². The molecule has 0 aliphatic rings. The van der Waals surface area contributed by atoms with Gasteiger partial charge in [0.1, 0.15) is 12.2 Å². The third-order valence-corrected chi connectivity index (χ3v) is 3.79. The van der Waals surface area contributed by atoms with Gasteiger partial charge in [0.15, 0.2) is 0 Å². The highest BCUT2D eigenvalue weighted by Gasteiger charge is 2.01. The number of hydrogen-bond acceptors (Lipinski definition) is 5. The summed E-state index contributed by atoms with van der Waals surface area (Å²) < 4.78 is 21.8. The van der Waals surface area contributed by atoms with Gasteiger partial charge in [-0.2, -0.15) is 13.5 Å². The van der Waals surface area contributed by atoms with Crippen molar-refractivity contribution in [1.29, 1.82) is 0 Å². The Bertz CT molecular complexity index is 731. The molecule has 2 aromatic rings. The molecule has 0 aliphatic carbocycles. The first-order valence-corrected chi connectivity index (χ1v) is 8.75. The third kappa shape index (κ3) is 6.94. The van der Waals surface area contributed by atoms with Crippen LogP contribution in [0.1, 0.15) is 19.7 Å². The molecule has 0 fully saturated rings. The van der Waals surface area contributed by atoms with Crippen molar-refractivity contribution in [2.75, 3.05) is 19.6 Å². The van der Waals surface area contributed by atoms with E-state index in [1.54, 1.807) is 4.68 Å². The number of aryl methyl sites for hydroxylation is 1. The number of rotatable bonds is 5. The molecule has 0 N–H and O–H groups in total. The van der Waals surface area contributed by atoms with E-state index in [0.29, 0.717) is 11.6 Å². The molecule has 0 bridgehead atoms. The van der Waals surface area contributed by atoms with Crippen LogP contribution in [0.2, 0.25) is 5.02 Å². The molecule has 1 aromatic carbocycles. The minimum absolute atomic E-state index is 0.531. The molecule has 0 spiro atoms. The monoisotopic (exact) mass is 356 g/mol. The summed E-state index contributed by atoms with van der Waals surface area (Å²) >= 11 is 5.85. The summed E-state index contributed by atoms with van der Waals surface area (Å²) in [4.78, 5) is 6.06. The van der Waals surface area contributed by atoms with E-state index >= 15 is 0 Å². The molecule has 0 atom stereocenters. The minimum atomic E-state index is -2.01. The highest BCUT2D eigenvalue weighted by molar-refractivity contribution is 7.71. The third-order valence-electron chi connectivity index (χ3n) is 3.13. The van der Waals surface area contributed by atoms with Crippen LogP contribution in [0.5, 0.6) is 0 Å². The molecule has 0 unspecified atom stereocenters. The van der Waals surface area contributed by atoms with E-state index in [4.69, 9.17) is 11.6 Å². The van der Waals surface area contributed by atoms with Crippen LogP contribution in [0, 0.1) is 6.92 Å². The number of aromatic nitrogens is 3. The Balaban J connectivity index is 0.000000241. The van der Waals surface area contributed by atoms with E-state index < -0.39 is 10.3 Å². The maximum atomic E-state index is 10.1. The Morgan fingerprint density at radius 2 is 2.00 bits per heavy atom. The second-order valence-electron chi connectivity index (χ2n) is 4.61. The quantitative estimate of drug-likeness (QED) is 0.768. The predicted molar refractivity (Wildman–Crippen MR) is 93.9 cm³/mol. The SMILES string of the molecule is CCN(CC)CC=S(=O)=O.Cc1ncnn1-c1cccc(Cl)c1. The standard InChI is InChI=1S/C9H8ClN3.C6H13NO2S/c1-7-11-6-12-13(7)9-4-2-3-8(10)5-9;1-3-7(4-2)5-6-10(8)9/h2-6H,1H3;6H,3-5H2,1-2H3. The van der Waals surface area contributed by atoms with Crippen LogP contribution in [-0.4, -0.2) is 53.1 Å². The zero-order chi connectivity index (χ0) is 17.2. The Morgan fingerprint density at radius 3 is 2.48 bits per heavy atom. The van der Waals surface area contributed by atoms with Gasteiger partial charge in [-0.15, -0.1) is 0 Å². The molecular formula is C15H21ClN4O2S. The lowest BCUT2D eigenvalue weighted by Crippen LogP contribution is -2.24. The fourth-order valence-electron chi connectivity index (χ4n) is 1.81. The number of nitrogens with zero attached hydrogens (tertiary/aromatic N) is 4.